The van der Waals surface area contributed by atoms with Crippen molar-refractivity contribution in [3.63, 3.8) is 0 Å². The maximum atomic E-state index is 5.18. The average Bonchev–Trinajstić information content (AvgIpc) is 2.74. The lowest BCUT2D eigenvalue weighted by atomic mass is 9.94. The summed E-state index contributed by atoms with van der Waals surface area (Å²) in [5.41, 5.74) is 5.87. The van der Waals surface area contributed by atoms with Crippen LogP contribution >= 0.6 is 0 Å². The zero-order chi connectivity index (χ0) is 17.3. The van der Waals surface area contributed by atoms with E-state index in [0.717, 1.165) is 30.1 Å². The van der Waals surface area contributed by atoms with Gasteiger partial charge in [0.1, 0.15) is 6.04 Å². The van der Waals surface area contributed by atoms with Crippen LogP contribution in [0, 0.1) is 0 Å². The van der Waals surface area contributed by atoms with Crippen molar-refractivity contribution in [3.05, 3.63) is 107 Å². The van der Waals surface area contributed by atoms with E-state index in [9.17, 15) is 0 Å². The van der Waals surface area contributed by atoms with Gasteiger partial charge in [-0.25, -0.2) is 5.01 Å². The first kappa shape index (κ1) is 15.1. The van der Waals surface area contributed by atoms with Gasteiger partial charge in [0.2, 0.25) is 0 Å². The lowest BCUT2D eigenvalue weighted by Gasteiger charge is -2.34. The second kappa shape index (κ2) is 6.26. The Balaban J connectivity index is 1.67. The Bertz CT molecular complexity index is 990. The van der Waals surface area contributed by atoms with Gasteiger partial charge < -0.3 is 0 Å². The maximum absolute atomic E-state index is 5.18. The summed E-state index contributed by atoms with van der Waals surface area (Å²) in [5, 5.41) is 7.12. The van der Waals surface area contributed by atoms with Crippen LogP contribution in [-0.4, -0.2) is 23.1 Å². The second-order valence-corrected chi connectivity index (χ2v) is 6.65. The van der Waals surface area contributed by atoms with E-state index in [2.05, 4.69) is 77.8 Å². The number of hydrogen-bond donors (Lipinski definition) is 0. The Kier molecular flexibility index (Phi) is 3.64. The molecule has 0 amide bonds. The smallest absolute Gasteiger partial charge is 0.152 e. The molecule has 2 aliphatic heterocycles. The molecule has 126 valence electrons. The number of hydrazone groups is 1. The highest BCUT2D eigenvalue weighted by Gasteiger charge is 2.31. The highest BCUT2D eigenvalue weighted by molar-refractivity contribution is 6.11. The number of hydrogen-bond acceptors (Lipinski definition) is 3. The predicted octanol–water partition coefficient (Wildman–Crippen LogP) is 4.45. The minimum absolute atomic E-state index is 0.0870. The molecule has 3 aromatic rings. The summed E-state index contributed by atoms with van der Waals surface area (Å²) >= 11 is 0. The third-order valence-corrected chi connectivity index (χ3v) is 5.02. The van der Waals surface area contributed by atoms with Crippen molar-refractivity contribution < 1.29 is 0 Å². The average molecular weight is 337 g/mol. The van der Waals surface area contributed by atoms with Crippen molar-refractivity contribution in [1.82, 2.24) is 5.01 Å². The van der Waals surface area contributed by atoms with Crippen LogP contribution in [0.2, 0.25) is 0 Å². The number of aliphatic imine (C=N–C) groups is 1. The van der Waals surface area contributed by atoms with Gasteiger partial charge in [-0.2, -0.15) is 5.10 Å². The summed E-state index contributed by atoms with van der Waals surface area (Å²) in [6, 6.07) is 29.3. The largest absolute Gasteiger partial charge is 0.252 e. The maximum Gasteiger partial charge on any atom is 0.152 e. The third-order valence-electron chi connectivity index (χ3n) is 5.02. The molecule has 0 saturated heterocycles. The van der Waals surface area contributed by atoms with Crippen LogP contribution in [0.4, 0.5) is 0 Å². The van der Waals surface area contributed by atoms with Gasteiger partial charge in [0, 0.05) is 17.7 Å². The molecule has 0 unspecified atom stereocenters. The Morgan fingerprint density at radius 3 is 2.27 bits per heavy atom. The van der Waals surface area contributed by atoms with E-state index in [0.29, 0.717) is 0 Å². The number of amidine groups is 1. The van der Waals surface area contributed by atoms with E-state index in [4.69, 9.17) is 10.1 Å². The van der Waals surface area contributed by atoms with Crippen molar-refractivity contribution in [1.29, 1.82) is 0 Å². The normalized spacial score (nSPS) is 18.5. The SMILES string of the molecule is c1ccc(C2=NN3CCc4ccccc4C3=N[C@H]2c2ccccc2)cc1. The Hall–Kier alpha value is -3.20. The fourth-order valence-electron chi connectivity index (χ4n) is 3.72. The number of nitrogens with zero attached hydrogens (tertiary/aromatic N) is 3. The van der Waals surface area contributed by atoms with E-state index in [1.165, 1.54) is 16.7 Å². The molecule has 0 fully saturated rings. The molecular weight excluding hydrogens is 318 g/mol. The molecule has 0 aromatic heterocycles. The van der Waals surface area contributed by atoms with Gasteiger partial charge in [-0.3, -0.25) is 4.99 Å². The van der Waals surface area contributed by atoms with Crippen molar-refractivity contribution in [3.8, 4) is 0 Å². The van der Waals surface area contributed by atoms with Crippen LogP contribution in [0.15, 0.2) is 95.0 Å². The van der Waals surface area contributed by atoms with Crippen molar-refractivity contribution >= 4 is 11.5 Å². The summed E-state index contributed by atoms with van der Waals surface area (Å²) < 4.78 is 0. The third kappa shape index (κ3) is 2.53. The van der Waals surface area contributed by atoms with E-state index < -0.39 is 0 Å². The quantitative estimate of drug-likeness (QED) is 0.679. The lowest BCUT2D eigenvalue weighted by molar-refractivity contribution is 0.425. The molecule has 0 radical (unpaired) electrons. The molecule has 26 heavy (non-hydrogen) atoms. The zero-order valence-electron chi connectivity index (χ0n) is 14.4. The van der Waals surface area contributed by atoms with E-state index >= 15 is 0 Å². The first-order chi connectivity index (χ1) is 12.9. The minimum atomic E-state index is -0.0870. The van der Waals surface area contributed by atoms with Crippen LogP contribution in [0.1, 0.15) is 28.3 Å². The highest BCUT2D eigenvalue weighted by atomic mass is 15.5. The summed E-state index contributed by atoms with van der Waals surface area (Å²) in [5.74, 6) is 0.986. The Morgan fingerprint density at radius 2 is 1.46 bits per heavy atom. The van der Waals surface area contributed by atoms with Gasteiger partial charge in [-0.1, -0.05) is 84.9 Å². The number of fused-ring (bicyclic) bond motifs is 3. The summed E-state index contributed by atoms with van der Waals surface area (Å²) in [6.45, 7) is 0.869. The van der Waals surface area contributed by atoms with Gasteiger partial charge in [0.15, 0.2) is 5.84 Å². The van der Waals surface area contributed by atoms with Crippen molar-refractivity contribution in [2.45, 2.75) is 12.5 Å². The molecule has 1 atom stereocenters. The van der Waals surface area contributed by atoms with Crippen LogP contribution in [0.3, 0.4) is 0 Å². The van der Waals surface area contributed by atoms with Gasteiger partial charge in [-0.05, 0) is 17.5 Å². The lowest BCUT2D eigenvalue weighted by Crippen LogP contribution is -2.39. The molecule has 3 nitrogen and oxygen atoms in total. The van der Waals surface area contributed by atoms with Crippen LogP contribution < -0.4 is 0 Å². The molecule has 0 aliphatic carbocycles. The van der Waals surface area contributed by atoms with Crippen LogP contribution in [0.5, 0.6) is 0 Å². The Labute approximate surface area is 153 Å². The summed E-state index contributed by atoms with van der Waals surface area (Å²) in [4.78, 5) is 5.18. The van der Waals surface area contributed by atoms with Crippen molar-refractivity contribution in [2.75, 3.05) is 6.54 Å². The zero-order valence-corrected chi connectivity index (χ0v) is 14.4. The number of rotatable bonds is 2. The first-order valence-electron chi connectivity index (χ1n) is 9.02. The molecule has 2 heterocycles. The summed E-state index contributed by atoms with van der Waals surface area (Å²) in [6.07, 6.45) is 0.997. The molecule has 0 N–H and O–H groups in total. The van der Waals surface area contributed by atoms with Crippen LogP contribution in [0.25, 0.3) is 0 Å². The topological polar surface area (TPSA) is 28.0 Å². The minimum Gasteiger partial charge on any atom is -0.252 e. The van der Waals surface area contributed by atoms with Gasteiger partial charge in [0.05, 0.1) is 5.71 Å². The molecule has 2 aliphatic rings. The second-order valence-electron chi connectivity index (χ2n) is 6.65. The molecule has 0 bridgehead atoms. The summed E-state index contributed by atoms with van der Waals surface area (Å²) in [7, 11) is 0. The fraction of sp³-hybridized carbons (Fsp3) is 0.130. The monoisotopic (exact) mass is 337 g/mol. The first-order valence-corrected chi connectivity index (χ1v) is 9.02. The van der Waals surface area contributed by atoms with E-state index in [1.807, 2.05) is 12.1 Å². The molecule has 0 spiro atoms. The van der Waals surface area contributed by atoms with Gasteiger partial charge in [0.25, 0.3) is 0 Å². The molecule has 3 aromatic carbocycles. The van der Waals surface area contributed by atoms with Gasteiger partial charge in [-0.15, -0.1) is 0 Å². The standard InChI is InChI=1S/C23H19N3/c1-3-10-18(11-4-1)21-22(19-12-5-2-6-13-19)25-26-16-15-17-9-7-8-14-20(17)23(26)24-21/h1-14,21H,15-16H2/t21-/m0/s1. The predicted molar refractivity (Wildman–Crippen MR) is 106 cm³/mol. The number of benzene rings is 3. The van der Waals surface area contributed by atoms with E-state index in [-0.39, 0.29) is 6.04 Å². The molecular formula is C23H19N3. The fourth-order valence-corrected chi connectivity index (χ4v) is 3.72. The van der Waals surface area contributed by atoms with E-state index in [1.54, 1.807) is 0 Å². The van der Waals surface area contributed by atoms with Crippen molar-refractivity contribution in [2.24, 2.45) is 10.1 Å². The Morgan fingerprint density at radius 1 is 0.769 bits per heavy atom. The molecule has 0 saturated carbocycles. The highest BCUT2D eigenvalue weighted by Crippen LogP contribution is 2.31. The molecule has 3 heteroatoms. The molecule has 5 rings (SSSR count). The van der Waals surface area contributed by atoms with Crippen LogP contribution in [-0.2, 0) is 6.42 Å². The van der Waals surface area contributed by atoms with Gasteiger partial charge >= 0.3 is 0 Å².